The van der Waals surface area contributed by atoms with Gasteiger partial charge in [-0.25, -0.2) is 0 Å². The Morgan fingerprint density at radius 2 is 2.05 bits per heavy atom. The number of nitro benzene ring substituents is 1. The Balaban J connectivity index is 2.12. The van der Waals surface area contributed by atoms with Crippen LogP contribution in [0.1, 0.15) is 11.1 Å². The number of rotatable bonds is 4. The molecule has 2 N–H and O–H groups in total. The molecule has 6 heteroatoms. The van der Waals surface area contributed by atoms with Crippen molar-refractivity contribution >= 4 is 23.0 Å². The summed E-state index contributed by atoms with van der Waals surface area (Å²) in [7, 11) is 0. The van der Waals surface area contributed by atoms with Crippen molar-refractivity contribution in [1.82, 2.24) is 0 Å². The molecule has 0 radical (unpaired) electrons. The van der Waals surface area contributed by atoms with Crippen LogP contribution in [0.4, 0.5) is 11.4 Å². The van der Waals surface area contributed by atoms with Gasteiger partial charge in [-0.1, -0.05) is 23.7 Å². The van der Waals surface area contributed by atoms with Crippen molar-refractivity contribution in [2.24, 2.45) is 0 Å². The van der Waals surface area contributed by atoms with Gasteiger partial charge in [-0.15, -0.1) is 0 Å². The number of aromatic hydroxyl groups is 1. The maximum atomic E-state index is 10.9. The molecule has 0 aliphatic heterocycles. The summed E-state index contributed by atoms with van der Waals surface area (Å²) in [5.74, 6) is 0.0168. The van der Waals surface area contributed by atoms with E-state index in [0.29, 0.717) is 12.1 Å². The van der Waals surface area contributed by atoms with Crippen LogP contribution in [-0.4, -0.2) is 10.0 Å². The molecule has 104 valence electrons. The Morgan fingerprint density at radius 3 is 2.70 bits per heavy atom. The number of phenolic OH excluding ortho intramolecular Hbond substituents is 1. The van der Waals surface area contributed by atoms with E-state index in [-0.39, 0.29) is 16.5 Å². The lowest BCUT2D eigenvalue weighted by Crippen LogP contribution is -2.01. The van der Waals surface area contributed by atoms with Crippen LogP contribution >= 0.6 is 11.6 Å². The molecule has 2 rings (SSSR count). The van der Waals surface area contributed by atoms with Crippen LogP contribution in [0.5, 0.6) is 5.75 Å². The highest BCUT2D eigenvalue weighted by Gasteiger charge is 2.10. The molecule has 0 saturated heterocycles. The summed E-state index contributed by atoms with van der Waals surface area (Å²) in [6, 6.07) is 9.87. The van der Waals surface area contributed by atoms with Crippen molar-refractivity contribution in [2.75, 3.05) is 5.32 Å². The number of anilines is 1. The van der Waals surface area contributed by atoms with Gasteiger partial charge in [0.1, 0.15) is 5.75 Å². The molecule has 0 saturated carbocycles. The van der Waals surface area contributed by atoms with E-state index in [1.54, 1.807) is 31.2 Å². The maximum Gasteiger partial charge on any atom is 0.272 e. The number of hydrogen-bond donors (Lipinski definition) is 2. The number of nitro groups is 1. The molecule has 0 aliphatic rings. The van der Waals surface area contributed by atoms with Crippen LogP contribution in [0.25, 0.3) is 0 Å². The molecule has 0 bridgehead atoms. The Kier molecular flexibility index (Phi) is 4.10. The summed E-state index contributed by atoms with van der Waals surface area (Å²) in [4.78, 5) is 10.5. The van der Waals surface area contributed by atoms with Gasteiger partial charge in [0.2, 0.25) is 0 Å². The first kappa shape index (κ1) is 14.1. The molecular weight excluding hydrogens is 280 g/mol. The zero-order valence-corrected chi connectivity index (χ0v) is 11.5. The molecule has 0 fully saturated rings. The van der Waals surface area contributed by atoms with E-state index >= 15 is 0 Å². The summed E-state index contributed by atoms with van der Waals surface area (Å²) in [5, 5.41) is 23.5. The van der Waals surface area contributed by atoms with Crippen LogP contribution in [0.3, 0.4) is 0 Å². The van der Waals surface area contributed by atoms with E-state index in [4.69, 9.17) is 11.6 Å². The first-order chi connectivity index (χ1) is 9.47. The molecule has 20 heavy (non-hydrogen) atoms. The molecule has 0 aromatic heterocycles. The van der Waals surface area contributed by atoms with E-state index in [1.807, 2.05) is 6.07 Å². The monoisotopic (exact) mass is 292 g/mol. The fourth-order valence-electron chi connectivity index (χ4n) is 1.78. The average molecular weight is 293 g/mol. The first-order valence-electron chi connectivity index (χ1n) is 5.93. The van der Waals surface area contributed by atoms with E-state index < -0.39 is 4.92 Å². The van der Waals surface area contributed by atoms with Gasteiger partial charge in [0.25, 0.3) is 5.69 Å². The SMILES string of the molecule is Cc1ccc(CNc2ccc(O)c(Cl)c2)cc1[N+](=O)[O-]. The number of nitrogens with one attached hydrogen (secondary N) is 1. The standard InChI is InChI=1S/C14H13ClN2O3/c1-9-2-3-10(6-13(9)17(19)20)8-16-11-4-5-14(18)12(15)7-11/h2-7,16,18H,8H2,1H3. The molecular formula is C14H13ClN2O3. The lowest BCUT2D eigenvalue weighted by atomic mass is 10.1. The van der Waals surface area contributed by atoms with Gasteiger partial charge in [0.15, 0.2) is 0 Å². The Bertz CT molecular complexity index is 659. The van der Waals surface area contributed by atoms with Gasteiger partial charge in [0, 0.05) is 23.9 Å². The van der Waals surface area contributed by atoms with Gasteiger partial charge < -0.3 is 10.4 Å². The predicted octanol–water partition coefficient (Wildman–Crippen LogP) is 3.87. The van der Waals surface area contributed by atoms with Crippen LogP contribution in [-0.2, 0) is 6.54 Å². The quantitative estimate of drug-likeness (QED) is 0.509. The number of nitrogens with zero attached hydrogens (tertiary/aromatic N) is 1. The number of aryl methyl sites for hydroxylation is 1. The highest BCUT2D eigenvalue weighted by atomic mass is 35.5. The second-order valence-corrected chi connectivity index (χ2v) is 4.80. The van der Waals surface area contributed by atoms with Crippen molar-refractivity contribution < 1.29 is 10.0 Å². The molecule has 0 atom stereocenters. The predicted molar refractivity (Wildman–Crippen MR) is 78.3 cm³/mol. The highest BCUT2D eigenvalue weighted by Crippen LogP contribution is 2.26. The second-order valence-electron chi connectivity index (χ2n) is 4.40. The van der Waals surface area contributed by atoms with Gasteiger partial charge in [-0.05, 0) is 30.7 Å². The molecule has 0 unspecified atom stereocenters. The number of hydrogen-bond acceptors (Lipinski definition) is 4. The molecule has 2 aromatic carbocycles. The third-order valence-electron chi connectivity index (χ3n) is 2.91. The van der Waals surface area contributed by atoms with Gasteiger partial charge in [-0.2, -0.15) is 0 Å². The zero-order chi connectivity index (χ0) is 14.7. The fourth-order valence-corrected chi connectivity index (χ4v) is 1.96. The minimum Gasteiger partial charge on any atom is -0.506 e. The molecule has 0 heterocycles. The summed E-state index contributed by atoms with van der Waals surface area (Å²) in [5.41, 5.74) is 2.27. The molecule has 0 amide bonds. The Morgan fingerprint density at radius 1 is 1.30 bits per heavy atom. The van der Waals surface area contributed by atoms with Gasteiger partial charge >= 0.3 is 0 Å². The number of benzene rings is 2. The minimum atomic E-state index is -0.393. The molecule has 5 nitrogen and oxygen atoms in total. The lowest BCUT2D eigenvalue weighted by Gasteiger charge is -2.08. The summed E-state index contributed by atoms with van der Waals surface area (Å²) < 4.78 is 0. The summed E-state index contributed by atoms with van der Waals surface area (Å²) >= 11 is 5.80. The third-order valence-corrected chi connectivity index (χ3v) is 3.22. The normalized spacial score (nSPS) is 10.3. The van der Waals surface area contributed by atoms with E-state index in [0.717, 1.165) is 11.3 Å². The zero-order valence-electron chi connectivity index (χ0n) is 10.8. The van der Waals surface area contributed by atoms with Crippen LogP contribution in [0, 0.1) is 17.0 Å². The van der Waals surface area contributed by atoms with Crippen LogP contribution in [0.2, 0.25) is 5.02 Å². The van der Waals surface area contributed by atoms with Crippen LogP contribution < -0.4 is 5.32 Å². The van der Waals surface area contributed by atoms with Crippen molar-refractivity contribution in [2.45, 2.75) is 13.5 Å². The van der Waals surface area contributed by atoms with Gasteiger partial charge in [-0.3, -0.25) is 10.1 Å². The fraction of sp³-hybridized carbons (Fsp3) is 0.143. The second kappa shape index (κ2) is 5.79. The third kappa shape index (κ3) is 3.19. The maximum absolute atomic E-state index is 10.9. The first-order valence-corrected chi connectivity index (χ1v) is 6.31. The van der Waals surface area contributed by atoms with E-state index in [2.05, 4.69) is 5.32 Å². The van der Waals surface area contributed by atoms with E-state index in [1.165, 1.54) is 6.07 Å². The van der Waals surface area contributed by atoms with Crippen molar-refractivity contribution in [1.29, 1.82) is 0 Å². The largest absolute Gasteiger partial charge is 0.506 e. The van der Waals surface area contributed by atoms with Crippen LogP contribution in [0.15, 0.2) is 36.4 Å². The summed E-state index contributed by atoms with van der Waals surface area (Å²) in [6.45, 7) is 2.14. The summed E-state index contributed by atoms with van der Waals surface area (Å²) in [6.07, 6.45) is 0. The Hall–Kier alpha value is -2.27. The number of phenols is 1. The number of halogens is 1. The Labute approximate surface area is 121 Å². The topological polar surface area (TPSA) is 75.4 Å². The minimum absolute atomic E-state index is 0.0168. The lowest BCUT2D eigenvalue weighted by molar-refractivity contribution is -0.385. The van der Waals surface area contributed by atoms with E-state index in [9.17, 15) is 15.2 Å². The van der Waals surface area contributed by atoms with Crippen molar-refractivity contribution in [3.63, 3.8) is 0 Å². The average Bonchev–Trinajstić information content (AvgIpc) is 2.41. The van der Waals surface area contributed by atoms with Crippen molar-refractivity contribution in [3.8, 4) is 5.75 Å². The van der Waals surface area contributed by atoms with Crippen molar-refractivity contribution in [3.05, 3.63) is 62.7 Å². The smallest absolute Gasteiger partial charge is 0.272 e. The molecule has 0 spiro atoms. The molecule has 0 aliphatic carbocycles. The van der Waals surface area contributed by atoms with Gasteiger partial charge in [0.05, 0.1) is 9.95 Å². The highest BCUT2D eigenvalue weighted by molar-refractivity contribution is 6.32. The molecule has 2 aromatic rings.